The molecule has 1 unspecified atom stereocenters. The molecule has 2 amide bonds. The molecule has 1 atom stereocenters. The van der Waals surface area contributed by atoms with E-state index in [1.807, 2.05) is 36.1 Å². The molecule has 0 saturated carbocycles. The van der Waals surface area contributed by atoms with Crippen molar-refractivity contribution in [3.8, 4) is 0 Å². The summed E-state index contributed by atoms with van der Waals surface area (Å²) in [5.74, 6) is 0.562. The average Bonchev–Trinajstić information content (AvgIpc) is 3.03. The van der Waals surface area contributed by atoms with E-state index in [0.29, 0.717) is 37.7 Å². The highest BCUT2D eigenvalue weighted by Crippen LogP contribution is 2.24. The topological polar surface area (TPSA) is 79.8 Å². The molecular formula is C18H20BrN3O3. The zero-order valence-electron chi connectivity index (χ0n) is 13.9. The lowest BCUT2D eigenvalue weighted by molar-refractivity contribution is -0.124. The molecule has 1 fully saturated rings. The summed E-state index contributed by atoms with van der Waals surface area (Å²) in [7, 11) is 0. The number of primary amides is 1. The lowest BCUT2D eigenvalue weighted by Crippen LogP contribution is -2.51. The van der Waals surface area contributed by atoms with Crippen LogP contribution in [0.15, 0.2) is 45.3 Å². The molecule has 1 aromatic heterocycles. The third-order valence-electron chi connectivity index (χ3n) is 4.37. The molecule has 2 aromatic rings. The van der Waals surface area contributed by atoms with Crippen molar-refractivity contribution in [1.82, 2.24) is 9.80 Å². The Balaban J connectivity index is 1.68. The Morgan fingerprint density at radius 1 is 1.08 bits per heavy atom. The van der Waals surface area contributed by atoms with E-state index in [2.05, 4.69) is 15.9 Å². The van der Waals surface area contributed by atoms with Crippen LogP contribution in [0, 0.1) is 6.92 Å². The van der Waals surface area contributed by atoms with Crippen LogP contribution in [-0.4, -0.2) is 47.8 Å². The molecule has 132 valence electrons. The molecule has 0 aliphatic carbocycles. The molecule has 2 N–H and O–H groups in total. The fourth-order valence-electron chi connectivity index (χ4n) is 3.09. The van der Waals surface area contributed by atoms with Gasteiger partial charge in [-0.15, -0.1) is 0 Å². The van der Waals surface area contributed by atoms with E-state index in [1.165, 1.54) is 0 Å². The van der Waals surface area contributed by atoms with Crippen LogP contribution < -0.4 is 5.73 Å². The maximum absolute atomic E-state index is 12.4. The number of amides is 2. The maximum atomic E-state index is 12.4. The number of halogens is 1. The van der Waals surface area contributed by atoms with Crippen LogP contribution in [0.25, 0.3) is 0 Å². The molecule has 0 spiro atoms. The predicted octanol–water partition coefficient (Wildman–Crippen LogP) is 2.33. The van der Waals surface area contributed by atoms with E-state index in [1.54, 1.807) is 17.0 Å². The first kappa shape index (κ1) is 17.7. The zero-order valence-corrected chi connectivity index (χ0v) is 15.5. The second-order valence-electron chi connectivity index (χ2n) is 6.09. The summed E-state index contributed by atoms with van der Waals surface area (Å²) < 4.78 is 6.36. The van der Waals surface area contributed by atoms with E-state index in [9.17, 15) is 9.59 Å². The van der Waals surface area contributed by atoms with Crippen molar-refractivity contribution < 1.29 is 14.0 Å². The Kier molecular flexibility index (Phi) is 5.24. The van der Waals surface area contributed by atoms with Gasteiger partial charge in [0.05, 0.1) is 0 Å². The molecule has 2 heterocycles. The summed E-state index contributed by atoms with van der Waals surface area (Å²) in [6.45, 7) is 4.02. The monoisotopic (exact) mass is 405 g/mol. The Labute approximate surface area is 154 Å². The van der Waals surface area contributed by atoms with Gasteiger partial charge in [0.1, 0.15) is 11.8 Å². The quantitative estimate of drug-likeness (QED) is 0.846. The molecule has 3 rings (SSSR count). The molecule has 6 nitrogen and oxygen atoms in total. The van der Waals surface area contributed by atoms with E-state index in [0.717, 1.165) is 10.0 Å². The number of hydrogen-bond acceptors (Lipinski definition) is 4. The minimum atomic E-state index is -0.490. The number of hydrogen-bond donors (Lipinski definition) is 1. The van der Waals surface area contributed by atoms with Gasteiger partial charge in [-0.2, -0.15) is 0 Å². The van der Waals surface area contributed by atoms with Crippen molar-refractivity contribution in [2.24, 2.45) is 5.73 Å². The Morgan fingerprint density at radius 2 is 1.72 bits per heavy atom. The summed E-state index contributed by atoms with van der Waals surface area (Å²) in [6.07, 6.45) is 0. The van der Waals surface area contributed by atoms with Crippen molar-refractivity contribution in [1.29, 1.82) is 0 Å². The van der Waals surface area contributed by atoms with E-state index >= 15 is 0 Å². The van der Waals surface area contributed by atoms with Crippen molar-refractivity contribution in [3.63, 3.8) is 0 Å². The zero-order chi connectivity index (χ0) is 18.0. The third-order valence-corrected chi connectivity index (χ3v) is 4.90. The van der Waals surface area contributed by atoms with Crippen molar-refractivity contribution in [2.45, 2.75) is 13.0 Å². The molecule has 25 heavy (non-hydrogen) atoms. The molecular weight excluding hydrogens is 386 g/mol. The van der Waals surface area contributed by atoms with Crippen molar-refractivity contribution in [2.75, 3.05) is 26.2 Å². The van der Waals surface area contributed by atoms with Crippen LogP contribution in [0.2, 0.25) is 0 Å². The Hall–Kier alpha value is -2.12. The minimum absolute atomic E-state index is 0.119. The number of nitrogens with two attached hydrogens (primary N) is 1. The molecule has 1 aromatic carbocycles. The largest absolute Gasteiger partial charge is 0.456 e. The second kappa shape index (κ2) is 7.41. The summed E-state index contributed by atoms with van der Waals surface area (Å²) >= 11 is 3.39. The molecule has 0 radical (unpaired) electrons. The van der Waals surface area contributed by atoms with Gasteiger partial charge in [0.2, 0.25) is 5.91 Å². The van der Waals surface area contributed by atoms with E-state index in [-0.39, 0.29) is 11.8 Å². The van der Waals surface area contributed by atoms with Gasteiger partial charge in [0.15, 0.2) is 5.76 Å². The first-order chi connectivity index (χ1) is 12.0. The smallest absolute Gasteiger partial charge is 0.289 e. The second-order valence-corrected chi connectivity index (χ2v) is 7.01. The van der Waals surface area contributed by atoms with Gasteiger partial charge in [0.25, 0.3) is 5.91 Å². The Morgan fingerprint density at radius 3 is 2.24 bits per heavy atom. The highest BCUT2D eigenvalue weighted by atomic mass is 79.9. The number of carbonyl (C=O) groups excluding carboxylic acids is 2. The highest BCUT2D eigenvalue weighted by molar-refractivity contribution is 9.10. The SMILES string of the molecule is Cc1ccc(C(=O)N2CCN(C(C(N)=O)c3ccc(Br)cc3)CC2)o1. The minimum Gasteiger partial charge on any atom is -0.456 e. The number of benzene rings is 1. The lowest BCUT2D eigenvalue weighted by Gasteiger charge is -2.38. The van der Waals surface area contributed by atoms with Gasteiger partial charge < -0.3 is 15.1 Å². The number of furan rings is 1. The maximum Gasteiger partial charge on any atom is 0.289 e. The van der Waals surface area contributed by atoms with Crippen LogP contribution in [0.3, 0.4) is 0 Å². The number of rotatable bonds is 4. The molecule has 1 saturated heterocycles. The molecule has 1 aliphatic heterocycles. The molecule has 7 heteroatoms. The number of carbonyl (C=O) groups is 2. The van der Waals surface area contributed by atoms with Crippen LogP contribution in [0.4, 0.5) is 0 Å². The van der Waals surface area contributed by atoms with E-state index in [4.69, 9.17) is 10.2 Å². The fourth-order valence-corrected chi connectivity index (χ4v) is 3.35. The predicted molar refractivity (Wildman–Crippen MR) is 97.0 cm³/mol. The molecule has 0 bridgehead atoms. The summed E-state index contributed by atoms with van der Waals surface area (Å²) in [6, 6.07) is 10.6. The summed E-state index contributed by atoms with van der Waals surface area (Å²) in [4.78, 5) is 28.2. The number of nitrogens with zero attached hydrogens (tertiary/aromatic N) is 2. The van der Waals surface area contributed by atoms with Gasteiger partial charge in [-0.25, -0.2) is 0 Å². The first-order valence-electron chi connectivity index (χ1n) is 8.10. The van der Waals surface area contributed by atoms with Crippen molar-refractivity contribution in [3.05, 3.63) is 58.0 Å². The van der Waals surface area contributed by atoms with Crippen molar-refractivity contribution >= 4 is 27.7 Å². The van der Waals surface area contributed by atoms with Gasteiger partial charge in [-0.1, -0.05) is 28.1 Å². The average molecular weight is 406 g/mol. The summed E-state index contributed by atoms with van der Waals surface area (Å²) in [5, 5.41) is 0. The normalized spacial score (nSPS) is 16.6. The molecule has 1 aliphatic rings. The van der Waals surface area contributed by atoms with Gasteiger partial charge in [-0.05, 0) is 36.8 Å². The highest BCUT2D eigenvalue weighted by Gasteiger charge is 2.31. The number of piperazine rings is 1. The van der Waals surface area contributed by atoms with Crippen LogP contribution >= 0.6 is 15.9 Å². The standard InChI is InChI=1S/C18H20BrN3O3/c1-12-2-7-15(25-12)18(24)22-10-8-21(9-11-22)16(17(20)23)13-3-5-14(19)6-4-13/h2-7,16H,8-11H2,1H3,(H2,20,23). The lowest BCUT2D eigenvalue weighted by atomic mass is 10.0. The first-order valence-corrected chi connectivity index (χ1v) is 8.89. The van der Waals surface area contributed by atoms with Crippen LogP contribution in [0.1, 0.15) is 27.9 Å². The van der Waals surface area contributed by atoms with Gasteiger partial charge in [0, 0.05) is 30.7 Å². The van der Waals surface area contributed by atoms with Crippen LogP contribution in [0.5, 0.6) is 0 Å². The summed E-state index contributed by atoms with van der Waals surface area (Å²) in [5.41, 5.74) is 6.50. The Bertz CT molecular complexity index is 764. The fraction of sp³-hybridized carbons (Fsp3) is 0.333. The third kappa shape index (κ3) is 3.93. The van der Waals surface area contributed by atoms with Crippen LogP contribution in [-0.2, 0) is 4.79 Å². The number of aryl methyl sites for hydroxylation is 1. The van der Waals surface area contributed by atoms with E-state index < -0.39 is 6.04 Å². The van der Waals surface area contributed by atoms with Gasteiger partial charge >= 0.3 is 0 Å². The van der Waals surface area contributed by atoms with Gasteiger partial charge in [-0.3, -0.25) is 14.5 Å².